The lowest BCUT2D eigenvalue weighted by atomic mass is 10.1. The molecule has 0 fully saturated rings. The van der Waals surface area contributed by atoms with Crippen molar-refractivity contribution in [1.29, 1.82) is 0 Å². The minimum Gasteiger partial charge on any atom is -0.495 e. The number of nitrogens with one attached hydrogen (secondary N) is 3. The van der Waals surface area contributed by atoms with Gasteiger partial charge in [0, 0.05) is 37.0 Å². The number of H-pyrrole nitrogens is 1. The topological polar surface area (TPSA) is 79.0 Å². The first-order valence-electron chi connectivity index (χ1n) is 9.96. The molecular weight excluding hydrogens is 364 g/mol. The molecular formula is C23H32N4O2. The van der Waals surface area contributed by atoms with E-state index in [9.17, 15) is 4.79 Å². The number of aromatic nitrogens is 2. The van der Waals surface area contributed by atoms with Gasteiger partial charge < -0.3 is 20.4 Å². The van der Waals surface area contributed by atoms with Crippen molar-refractivity contribution in [3.05, 3.63) is 65.3 Å². The molecule has 0 saturated carbocycles. The summed E-state index contributed by atoms with van der Waals surface area (Å²) in [6.45, 7) is 7.60. The maximum atomic E-state index is 12.5. The van der Waals surface area contributed by atoms with Gasteiger partial charge in [-0.1, -0.05) is 23.3 Å². The Morgan fingerprint density at radius 3 is 2.76 bits per heavy atom. The highest BCUT2D eigenvalue weighted by Gasteiger charge is 2.10. The molecule has 0 saturated heterocycles. The predicted molar refractivity (Wildman–Crippen MR) is 119 cm³/mol. The third-order valence-electron chi connectivity index (χ3n) is 4.53. The van der Waals surface area contributed by atoms with Crippen LogP contribution in [0.25, 0.3) is 0 Å². The standard InChI is InChI=1S/C23H32N4O2/c1-17(2)6-5-7-18(3)10-12-25-21-14-19(8-9-22(21)29-4)23(28)26-13-11-20-15-24-16-27-20/h6,8-10,14-16,25H,5,7,11-13H2,1-4H3,(H,24,27)(H,26,28)/b18-10+. The summed E-state index contributed by atoms with van der Waals surface area (Å²) in [6, 6.07) is 5.42. The second-order valence-corrected chi connectivity index (χ2v) is 7.25. The fourth-order valence-corrected chi connectivity index (χ4v) is 2.85. The number of anilines is 1. The third kappa shape index (κ3) is 7.86. The van der Waals surface area contributed by atoms with Gasteiger partial charge in [0.25, 0.3) is 5.91 Å². The molecule has 156 valence electrons. The van der Waals surface area contributed by atoms with Crippen LogP contribution in [-0.4, -0.2) is 36.1 Å². The highest BCUT2D eigenvalue weighted by Crippen LogP contribution is 2.25. The van der Waals surface area contributed by atoms with Crippen LogP contribution < -0.4 is 15.4 Å². The number of allylic oxidation sites excluding steroid dienone is 3. The number of rotatable bonds is 11. The smallest absolute Gasteiger partial charge is 0.251 e. The van der Waals surface area contributed by atoms with Gasteiger partial charge in [-0.2, -0.15) is 0 Å². The largest absolute Gasteiger partial charge is 0.495 e. The number of methoxy groups -OCH3 is 1. The van der Waals surface area contributed by atoms with Gasteiger partial charge in [0.05, 0.1) is 19.1 Å². The van der Waals surface area contributed by atoms with Crippen molar-refractivity contribution in [1.82, 2.24) is 15.3 Å². The van der Waals surface area contributed by atoms with Crippen molar-refractivity contribution in [2.75, 3.05) is 25.5 Å². The SMILES string of the molecule is COc1ccc(C(=O)NCCc2cnc[nH]2)cc1NC/C=C(\C)CCC=C(C)C. The number of nitrogens with zero attached hydrogens (tertiary/aromatic N) is 1. The summed E-state index contributed by atoms with van der Waals surface area (Å²) < 4.78 is 5.43. The molecule has 0 spiro atoms. The molecule has 6 nitrogen and oxygen atoms in total. The maximum Gasteiger partial charge on any atom is 0.251 e. The zero-order valence-corrected chi connectivity index (χ0v) is 17.8. The zero-order chi connectivity index (χ0) is 21.1. The molecule has 29 heavy (non-hydrogen) atoms. The van der Waals surface area contributed by atoms with Crippen LogP contribution in [0, 0.1) is 0 Å². The van der Waals surface area contributed by atoms with Crippen LogP contribution in [0.4, 0.5) is 5.69 Å². The predicted octanol–water partition coefficient (Wildman–Crippen LogP) is 4.50. The first-order chi connectivity index (χ1) is 14.0. The molecule has 1 aromatic carbocycles. The lowest BCUT2D eigenvalue weighted by Gasteiger charge is -2.12. The summed E-state index contributed by atoms with van der Waals surface area (Å²) in [5.74, 6) is 0.610. The van der Waals surface area contributed by atoms with Crippen molar-refractivity contribution >= 4 is 11.6 Å². The summed E-state index contributed by atoms with van der Waals surface area (Å²) in [7, 11) is 1.63. The van der Waals surface area contributed by atoms with Crippen LogP contribution in [0.15, 0.2) is 54.0 Å². The Balaban J connectivity index is 1.91. The molecule has 0 aliphatic heterocycles. The number of imidazole rings is 1. The van der Waals surface area contributed by atoms with Crippen LogP contribution >= 0.6 is 0 Å². The normalized spacial score (nSPS) is 11.1. The first-order valence-corrected chi connectivity index (χ1v) is 9.96. The molecule has 3 N–H and O–H groups in total. The molecule has 0 aliphatic carbocycles. The van der Waals surface area contributed by atoms with Gasteiger partial charge in [-0.3, -0.25) is 4.79 Å². The summed E-state index contributed by atoms with van der Waals surface area (Å²) in [5.41, 5.74) is 5.08. The number of amides is 1. The molecule has 0 radical (unpaired) electrons. The quantitative estimate of drug-likeness (QED) is 0.489. The molecule has 0 atom stereocenters. The molecule has 6 heteroatoms. The monoisotopic (exact) mass is 396 g/mol. The molecule has 0 unspecified atom stereocenters. The van der Waals surface area contributed by atoms with E-state index in [4.69, 9.17) is 4.74 Å². The van der Waals surface area contributed by atoms with Gasteiger partial charge in [0.1, 0.15) is 5.75 Å². The highest BCUT2D eigenvalue weighted by atomic mass is 16.5. The Labute approximate surface area is 173 Å². The molecule has 0 bridgehead atoms. The Morgan fingerprint density at radius 2 is 2.07 bits per heavy atom. The number of carbonyl (C=O) groups excluding carboxylic acids is 1. The van der Waals surface area contributed by atoms with E-state index in [0.29, 0.717) is 25.1 Å². The third-order valence-corrected chi connectivity index (χ3v) is 4.53. The Bertz CT molecular complexity index is 835. The summed E-state index contributed by atoms with van der Waals surface area (Å²) >= 11 is 0. The highest BCUT2D eigenvalue weighted by molar-refractivity contribution is 5.95. The van der Waals surface area contributed by atoms with Crippen molar-refractivity contribution in [2.24, 2.45) is 0 Å². The fourth-order valence-electron chi connectivity index (χ4n) is 2.85. The second kappa shape index (κ2) is 11.7. The average molecular weight is 397 g/mol. The molecule has 0 aliphatic rings. The second-order valence-electron chi connectivity index (χ2n) is 7.25. The number of hydrogen-bond donors (Lipinski definition) is 3. The zero-order valence-electron chi connectivity index (χ0n) is 17.8. The number of ether oxygens (including phenoxy) is 1. The summed E-state index contributed by atoms with van der Waals surface area (Å²) in [5, 5.41) is 6.29. The molecule has 1 aromatic heterocycles. The van der Waals surface area contributed by atoms with Gasteiger partial charge in [0.2, 0.25) is 0 Å². The van der Waals surface area contributed by atoms with Gasteiger partial charge in [-0.15, -0.1) is 0 Å². The lowest BCUT2D eigenvalue weighted by molar-refractivity contribution is 0.0954. The first kappa shape index (κ1) is 22.3. The van der Waals surface area contributed by atoms with Crippen molar-refractivity contribution < 1.29 is 9.53 Å². The van der Waals surface area contributed by atoms with E-state index in [1.54, 1.807) is 25.7 Å². The fraction of sp³-hybridized carbons (Fsp3) is 0.391. The lowest BCUT2D eigenvalue weighted by Crippen LogP contribution is -2.25. The van der Waals surface area contributed by atoms with E-state index < -0.39 is 0 Å². The van der Waals surface area contributed by atoms with Gasteiger partial charge in [-0.05, 0) is 51.8 Å². The van der Waals surface area contributed by atoms with E-state index in [-0.39, 0.29) is 5.91 Å². The number of carbonyl (C=O) groups is 1. The van der Waals surface area contributed by atoms with Crippen LogP contribution in [0.2, 0.25) is 0 Å². The summed E-state index contributed by atoms with van der Waals surface area (Å²) in [4.78, 5) is 19.5. The van der Waals surface area contributed by atoms with E-state index in [0.717, 1.165) is 30.0 Å². The van der Waals surface area contributed by atoms with E-state index in [1.807, 2.05) is 12.1 Å². The Hall–Kier alpha value is -3.02. The Morgan fingerprint density at radius 1 is 1.24 bits per heavy atom. The molecule has 2 rings (SSSR count). The van der Waals surface area contributed by atoms with Crippen molar-refractivity contribution in [3.8, 4) is 5.75 Å². The molecule has 1 amide bonds. The van der Waals surface area contributed by atoms with E-state index >= 15 is 0 Å². The van der Waals surface area contributed by atoms with E-state index in [2.05, 4.69) is 53.5 Å². The molecule has 1 heterocycles. The van der Waals surface area contributed by atoms with Crippen LogP contribution in [0.1, 0.15) is 49.7 Å². The van der Waals surface area contributed by atoms with Crippen molar-refractivity contribution in [2.45, 2.75) is 40.0 Å². The van der Waals surface area contributed by atoms with Crippen LogP contribution in [0.5, 0.6) is 5.75 Å². The van der Waals surface area contributed by atoms with Crippen molar-refractivity contribution in [3.63, 3.8) is 0 Å². The number of hydrogen-bond acceptors (Lipinski definition) is 4. The molecule has 2 aromatic rings. The number of benzene rings is 1. The minimum absolute atomic E-state index is 0.108. The van der Waals surface area contributed by atoms with Gasteiger partial charge >= 0.3 is 0 Å². The Kier molecular flexibility index (Phi) is 9.02. The average Bonchev–Trinajstić information content (AvgIpc) is 3.21. The van der Waals surface area contributed by atoms with E-state index in [1.165, 1.54) is 11.1 Å². The summed E-state index contributed by atoms with van der Waals surface area (Å²) in [6.07, 6.45) is 10.6. The van der Waals surface area contributed by atoms with Crippen LogP contribution in [0.3, 0.4) is 0 Å². The van der Waals surface area contributed by atoms with Crippen LogP contribution in [-0.2, 0) is 6.42 Å². The number of aromatic amines is 1. The minimum atomic E-state index is -0.108. The van der Waals surface area contributed by atoms with Gasteiger partial charge in [0.15, 0.2) is 0 Å². The van der Waals surface area contributed by atoms with Gasteiger partial charge in [-0.25, -0.2) is 4.98 Å². The maximum absolute atomic E-state index is 12.5.